The van der Waals surface area contributed by atoms with Crippen LogP contribution in [0.3, 0.4) is 0 Å². The summed E-state index contributed by atoms with van der Waals surface area (Å²) in [4.78, 5) is 0. The van der Waals surface area contributed by atoms with Crippen LogP contribution in [-0.4, -0.2) is 37.6 Å². The molecule has 1 rings (SSSR count). The van der Waals surface area contributed by atoms with Crippen LogP contribution in [0.15, 0.2) is 0 Å². The molecule has 1 aliphatic rings. The fraction of sp³-hybridized carbons (Fsp3) is 0.875. The van der Waals surface area contributed by atoms with Crippen LogP contribution in [-0.2, 0) is 9.84 Å². The third-order valence-corrected chi connectivity index (χ3v) is 4.20. The predicted octanol–water partition coefficient (Wildman–Crippen LogP) is 0.0476. The molecule has 82 valence electrons. The maximum Gasteiger partial charge on any atom is 0.166 e. The van der Waals surface area contributed by atoms with Crippen molar-refractivity contribution in [2.24, 2.45) is 0 Å². The number of hydrogen-bond donors (Lipinski definition) is 2. The molecule has 0 bridgehead atoms. The summed E-state index contributed by atoms with van der Waals surface area (Å²) in [5.41, 5.74) is 0. The molecule has 0 unspecified atom stereocenters. The standard InChI is InChI=1S/C8H16N2O2S2/c1-2-9-8(13)10-7-3-5-14(11,12)6-4-7/h7H,2-6H2,1H3,(H2,9,10,13). The monoisotopic (exact) mass is 236 g/mol. The molecule has 1 aliphatic heterocycles. The van der Waals surface area contributed by atoms with Crippen LogP contribution in [0.1, 0.15) is 19.8 Å². The fourth-order valence-electron chi connectivity index (χ4n) is 1.43. The van der Waals surface area contributed by atoms with Gasteiger partial charge in [-0.25, -0.2) is 8.42 Å². The fourth-order valence-corrected chi connectivity index (χ4v) is 3.23. The molecule has 0 aromatic heterocycles. The van der Waals surface area contributed by atoms with Gasteiger partial charge in [-0.15, -0.1) is 0 Å². The zero-order valence-electron chi connectivity index (χ0n) is 8.25. The lowest BCUT2D eigenvalue weighted by Gasteiger charge is -2.24. The molecule has 1 saturated heterocycles. The topological polar surface area (TPSA) is 58.2 Å². The van der Waals surface area contributed by atoms with E-state index in [1.807, 2.05) is 6.92 Å². The lowest BCUT2D eigenvalue weighted by Crippen LogP contribution is -2.45. The second kappa shape index (κ2) is 4.93. The summed E-state index contributed by atoms with van der Waals surface area (Å²) in [6.07, 6.45) is 1.32. The first-order valence-corrected chi connectivity index (χ1v) is 7.01. The molecular formula is C8H16N2O2S2. The average molecular weight is 236 g/mol. The molecule has 0 aromatic rings. The van der Waals surface area contributed by atoms with Crippen LogP contribution >= 0.6 is 12.2 Å². The van der Waals surface area contributed by atoms with Gasteiger partial charge in [0.05, 0.1) is 11.5 Å². The molecule has 0 atom stereocenters. The third-order valence-electron chi connectivity index (χ3n) is 2.23. The predicted molar refractivity (Wildman–Crippen MR) is 61.1 cm³/mol. The van der Waals surface area contributed by atoms with Crippen molar-refractivity contribution in [1.82, 2.24) is 10.6 Å². The Labute approximate surface area is 90.4 Å². The van der Waals surface area contributed by atoms with Crippen LogP contribution in [0.2, 0.25) is 0 Å². The maximum atomic E-state index is 11.1. The largest absolute Gasteiger partial charge is 0.363 e. The van der Waals surface area contributed by atoms with E-state index in [2.05, 4.69) is 10.6 Å². The van der Waals surface area contributed by atoms with Crippen molar-refractivity contribution in [2.45, 2.75) is 25.8 Å². The van der Waals surface area contributed by atoms with Gasteiger partial charge in [-0.1, -0.05) is 0 Å². The van der Waals surface area contributed by atoms with Crippen molar-refractivity contribution in [2.75, 3.05) is 18.1 Å². The van der Waals surface area contributed by atoms with Gasteiger partial charge in [-0.3, -0.25) is 0 Å². The number of rotatable bonds is 2. The molecule has 1 fully saturated rings. The van der Waals surface area contributed by atoms with Crippen molar-refractivity contribution >= 4 is 27.2 Å². The van der Waals surface area contributed by atoms with Gasteiger partial charge in [0.2, 0.25) is 0 Å². The van der Waals surface area contributed by atoms with Crippen molar-refractivity contribution in [1.29, 1.82) is 0 Å². The highest BCUT2D eigenvalue weighted by Gasteiger charge is 2.23. The van der Waals surface area contributed by atoms with Gasteiger partial charge in [0.25, 0.3) is 0 Å². The van der Waals surface area contributed by atoms with Crippen molar-refractivity contribution < 1.29 is 8.42 Å². The van der Waals surface area contributed by atoms with E-state index in [0.717, 1.165) is 6.54 Å². The van der Waals surface area contributed by atoms with E-state index in [-0.39, 0.29) is 17.5 Å². The van der Waals surface area contributed by atoms with Gasteiger partial charge in [-0.2, -0.15) is 0 Å². The van der Waals surface area contributed by atoms with Crippen LogP contribution in [0.4, 0.5) is 0 Å². The Bertz CT molecular complexity index is 286. The van der Waals surface area contributed by atoms with E-state index in [1.165, 1.54) is 0 Å². The molecule has 0 radical (unpaired) electrons. The van der Waals surface area contributed by atoms with E-state index < -0.39 is 9.84 Å². The molecule has 14 heavy (non-hydrogen) atoms. The summed E-state index contributed by atoms with van der Waals surface area (Å²) in [5, 5.41) is 6.72. The first-order valence-electron chi connectivity index (χ1n) is 4.78. The smallest absolute Gasteiger partial charge is 0.166 e. The summed E-state index contributed by atoms with van der Waals surface area (Å²) >= 11 is 5.02. The van der Waals surface area contributed by atoms with Crippen LogP contribution in [0.5, 0.6) is 0 Å². The highest BCUT2D eigenvalue weighted by molar-refractivity contribution is 7.91. The van der Waals surface area contributed by atoms with E-state index in [1.54, 1.807) is 0 Å². The molecule has 6 heteroatoms. The molecule has 0 aliphatic carbocycles. The third kappa shape index (κ3) is 3.79. The Morgan fingerprint density at radius 3 is 2.50 bits per heavy atom. The van der Waals surface area contributed by atoms with Crippen molar-refractivity contribution in [3.63, 3.8) is 0 Å². The number of hydrogen-bond acceptors (Lipinski definition) is 3. The second-order valence-corrected chi connectivity index (χ2v) is 6.14. The molecule has 1 heterocycles. The molecule has 0 amide bonds. The normalized spacial score (nSPS) is 21.5. The summed E-state index contributed by atoms with van der Waals surface area (Å²) in [6, 6.07) is 0.213. The lowest BCUT2D eigenvalue weighted by molar-refractivity contribution is 0.518. The number of thiocarbonyl (C=S) groups is 1. The quantitative estimate of drug-likeness (QED) is 0.663. The molecule has 0 spiro atoms. The summed E-state index contributed by atoms with van der Waals surface area (Å²) in [7, 11) is -2.77. The SMILES string of the molecule is CCNC(=S)NC1CCS(=O)(=O)CC1. The Morgan fingerprint density at radius 1 is 1.43 bits per heavy atom. The zero-order valence-corrected chi connectivity index (χ0v) is 9.88. The first-order chi connectivity index (χ1) is 6.53. The first kappa shape index (κ1) is 11.7. The van der Waals surface area contributed by atoms with Gasteiger partial charge in [-0.05, 0) is 32.0 Å². The second-order valence-electron chi connectivity index (χ2n) is 3.43. The minimum atomic E-state index is -2.77. The van der Waals surface area contributed by atoms with Crippen molar-refractivity contribution in [3.05, 3.63) is 0 Å². The van der Waals surface area contributed by atoms with Gasteiger partial charge in [0.1, 0.15) is 9.84 Å². The number of nitrogens with one attached hydrogen (secondary N) is 2. The summed E-state index contributed by atoms with van der Waals surface area (Å²) < 4.78 is 22.3. The molecule has 0 aromatic carbocycles. The van der Waals surface area contributed by atoms with Crippen molar-refractivity contribution in [3.8, 4) is 0 Å². The van der Waals surface area contributed by atoms with E-state index in [0.29, 0.717) is 18.0 Å². The Hall–Kier alpha value is -0.360. The van der Waals surface area contributed by atoms with E-state index >= 15 is 0 Å². The Kier molecular flexibility index (Phi) is 4.12. The lowest BCUT2D eigenvalue weighted by atomic mass is 10.2. The van der Waals surface area contributed by atoms with Gasteiger partial charge < -0.3 is 10.6 Å². The van der Waals surface area contributed by atoms with Crippen LogP contribution in [0, 0.1) is 0 Å². The maximum absolute atomic E-state index is 11.1. The Balaban J connectivity index is 2.32. The van der Waals surface area contributed by atoms with E-state index in [9.17, 15) is 8.42 Å². The van der Waals surface area contributed by atoms with Gasteiger partial charge in [0, 0.05) is 12.6 Å². The minimum absolute atomic E-state index is 0.213. The minimum Gasteiger partial charge on any atom is -0.363 e. The molecule has 2 N–H and O–H groups in total. The van der Waals surface area contributed by atoms with Gasteiger partial charge in [0.15, 0.2) is 5.11 Å². The van der Waals surface area contributed by atoms with Gasteiger partial charge >= 0.3 is 0 Å². The Morgan fingerprint density at radius 2 is 2.00 bits per heavy atom. The highest BCUT2D eigenvalue weighted by Crippen LogP contribution is 2.11. The van der Waals surface area contributed by atoms with Crippen LogP contribution < -0.4 is 10.6 Å². The summed E-state index contributed by atoms with van der Waals surface area (Å²) in [6.45, 7) is 2.76. The molecule has 0 saturated carbocycles. The van der Waals surface area contributed by atoms with E-state index in [4.69, 9.17) is 12.2 Å². The van der Waals surface area contributed by atoms with Crippen LogP contribution in [0.25, 0.3) is 0 Å². The summed E-state index contributed by atoms with van der Waals surface area (Å²) in [5.74, 6) is 0.554. The average Bonchev–Trinajstić information content (AvgIpc) is 2.09. The number of sulfone groups is 1. The highest BCUT2D eigenvalue weighted by atomic mass is 32.2. The zero-order chi connectivity index (χ0) is 10.6. The molecule has 4 nitrogen and oxygen atoms in total. The molecular weight excluding hydrogens is 220 g/mol.